The number of hydrogen-bond donors (Lipinski definition) is 0. The molecule has 4 heteroatoms. The number of furan rings is 1. The van der Waals surface area contributed by atoms with Crippen LogP contribution >= 0.6 is 0 Å². The Morgan fingerprint density at radius 2 is 1.95 bits per heavy atom. The van der Waals surface area contributed by atoms with E-state index >= 15 is 0 Å². The van der Waals surface area contributed by atoms with Crippen molar-refractivity contribution >= 4 is 14.5 Å². The summed E-state index contributed by atoms with van der Waals surface area (Å²) in [5.41, 5.74) is 1.10. The number of benzene rings is 1. The minimum Gasteiger partial charge on any atom is -0.544 e. The van der Waals surface area contributed by atoms with Gasteiger partial charge in [-0.2, -0.15) is 0 Å². The van der Waals surface area contributed by atoms with Crippen molar-refractivity contribution in [3.05, 3.63) is 54.0 Å². The summed E-state index contributed by atoms with van der Waals surface area (Å²) in [5, 5.41) is 0. The van der Waals surface area contributed by atoms with Gasteiger partial charge in [-0.1, -0.05) is 18.2 Å². The first-order valence-corrected chi connectivity index (χ1v) is 9.76. The first-order valence-electron chi connectivity index (χ1n) is 6.35. The van der Waals surface area contributed by atoms with E-state index in [2.05, 4.69) is 30.7 Å². The molecule has 19 heavy (non-hydrogen) atoms. The first-order chi connectivity index (χ1) is 9.04. The lowest BCUT2D eigenvalue weighted by Crippen LogP contribution is -2.29. The Hall–Kier alpha value is -1.81. The molecule has 100 valence electrons. The summed E-state index contributed by atoms with van der Waals surface area (Å²) >= 11 is 0. The topological polar surface area (TPSA) is 34.7 Å². The van der Waals surface area contributed by atoms with Gasteiger partial charge in [0, 0.05) is 5.56 Å². The molecule has 0 aliphatic rings. The minimum absolute atomic E-state index is 0.599. The maximum atomic E-state index is 6.06. The van der Waals surface area contributed by atoms with Crippen molar-refractivity contribution in [1.82, 2.24) is 0 Å². The van der Waals surface area contributed by atoms with E-state index in [1.54, 1.807) is 12.5 Å². The fraction of sp³-hybridized carbons (Fsp3) is 0.267. The third kappa shape index (κ3) is 4.41. The Labute approximate surface area is 115 Å². The Bertz CT molecular complexity index is 542. The van der Waals surface area contributed by atoms with E-state index in [0.29, 0.717) is 6.54 Å². The van der Waals surface area contributed by atoms with Crippen molar-refractivity contribution in [2.24, 2.45) is 4.99 Å². The lowest BCUT2D eigenvalue weighted by Gasteiger charge is -2.21. The number of para-hydroxylation sites is 1. The predicted molar refractivity (Wildman–Crippen MR) is 80.4 cm³/mol. The average Bonchev–Trinajstić information content (AvgIpc) is 2.82. The third-order valence-electron chi connectivity index (χ3n) is 2.41. The standard InChI is InChI=1S/C15H19NO2Si/c1-19(2,3)18-15-9-5-4-7-13(15)11-16-12-14-8-6-10-17-14/h4-10,12H,11H2,1-3H3/b16-12-. The monoisotopic (exact) mass is 273 g/mol. The van der Waals surface area contributed by atoms with Gasteiger partial charge in [-0.15, -0.1) is 0 Å². The maximum Gasteiger partial charge on any atom is 0.242 e. The van der Waals surface area contributed by atoms with Crippen LogP contribution in [-0.4, -0.2) is 14.5 Å². The van der Waals surface area contributed by atoms with E-state index in [0.717, 1.165) is 17.1 Å². The molecule has 0 amide bonds. The van der Waals surface area contributed by atoms with Gasteiger partial charge < -0.3 is 8.84 Å². The SMILES string of the molecule is C[Si](C)(C)Oc1ccccc1C/N=C\c1ccco1. The van der Waals surface area contributed by atoms with Crippen LogP contribution in [0.1, 0.15) is 11.3 Å². The van der Waals surface area contributed by atoms with Crippen molar-refractivity contribution in [3.8, 4) is 5.75 Å². The largest absolute Gasteiger partial charge is 0.544 e. The molecule has 0 N–H and O–H groups in total. The van der Waals surface area contributed by atoms with E-state index in [1.165, 1.54) is 0 Å². The molecule has 1 heterocycles. The number of rotatable bonds is 5. The molecule has 0 aliphatic carbocycles. The van der Waals surface area contributed by atoms with Crippen LogP contribution in [-0.2, 0) is 6.54 Å². The van der Waals surface area contributed by atoms with E-state index < -0.39 is 8.32 Å². The van der Waals surface area contributed by atoms with Crippen molar-refractivity contribution in [1.29, 1.82) is 0 Å². The highest BCUT2D eigenvalue weighted by atomic mass is 28.4. The molecule has 0 unspecified atom stereocenters. The first kappa shape index (κ1) is 13.6. The van der Waals surface area contributed by atoms with Crippen LogP contribution in [0.4, 0.5) is 0 Å². The zero-order valence-electron chi connectivity index (χ0n) is 11.6. The fourth-order valence-electron chi connectivity index (χ4n) is 1.66. The second-order valence-electron chi connectivity index (χ2n) is 5.31. The van der Waals surface area contributed by atoms with E-state index in [-0.39, 0.29) is 0 Å². The zero-order valence-corrected chi connectivity index (χ0v) is 12.6. The van der Waals surface area contributed by atoms with Crippen LogP contribution in [0.15, 0.2) is 52.1 Å². The van der Waals surface area contributed by atoms with Gasteiger partial charge in [-0.05, 0) is 37.8 Å². The molecular weight excluding hydrogens is 254 g/mol. The highest BCUT2D eigenvalue weighted by Gasteiger charge is 2.17. The minimum atomic E-state index is -1.59. The van der Waals surface area contributed by atoms with Gasteiger partial charge in [0.1, 0.15) is 11.5 Å². The number of nitrogens with zero attached hydrogens (tertiary/aromatic N) is 1. The highest BCUT2D eigenvalue weighted by Crippen LogP contribution is 2.22. The van der Waals surface area contributed by atoms with Crippen LogP contribution in [0, 0.1) is 0 Å². The van der Waals surface area contributed by atoms with Crippen LogP contribution in [0.5, 0.6) is 5.75 Å². The molecule has 0 atom stereocenters. The summed E-state index contributed by atoms with van der Waals surface area (Å²) in [6, 6.07) is 11.8. The molecule has 2 rings (SSSR count). The molecule has 0 aliphatic heterocycles. The van der Waals surface area contributed by atoms with Crippen LogP contribution in [0.3, 0.4) is 0 Å². The third-order valence-corrected chi connectivity index (χ3v) is 3.24. The van der Waals surface area contributed by atoms with Crippen LogP contribution in [0.2, 0.25) is 19.6 Å². The maximum absolute atomic E-state index is 6.06. The van der Waals surface area contributed by atoms with E-state index in [9.17, 15) is 0 Å². The number of hydrogen-bond acceptors (Lipinski definition) is 3. The summed E-state index contributed by atoms with van der Waals surface area (Å²) in [5.74, 6) is 1.71. The molecule has 1 aromatic heterocycles. The molecule has 2 aromatic rings. The second kappa shape index (κ2) is 5.89. The lowest BCUT2D eigenvalue weighted by molar-refractivity contribution is 0.549. The summed E-state index contributed by atoms with van der Waals surface area (Å²) < 4.78 is 11.3. The van der Waals surface area contributed by atoms with Crippen molar-refractivity contribution < 1.29 is 8.84 Å². The Morgan fingerprint density at radius 1 is 1.16 bits per heavy atom. The molecular formula is C15H19NO2Si. The molecule has 3 nitrogen and oxygen atoms in total. The summed E-state index contributed by atoms with van der Waals surface area (Å²) in [7, 11) is -1.59. The summed E-state index contributed by atoms with van der Waals surface area (Å²) in [6.07, 6.45) is 3.38. The zero-order chi connectivity index (χ0) is 13.7. The van der Waals surface area contributed by atoms with Gasteiger partial charge in [0.05, 0.1) is 19.0 Å². The van der Waals surface area contributed by atoms with E-state index in [1.807, 2.05) is 30.3 Å². The van der Waals surface area contributed by atoms with Gasteiger partial charge >= 0.3 is 0 Å². The second-order valence-corrected chi connectivity index (χ2v) is 9.74. The molecule has 0 radical (unpaired) electrons. The average molecular weight is 273 g/mol. The van der Waals surface area contributed by atoms with Gasteiger partial charge in [0.2, 0.25) is 8.32 Å². The summed E-state index contributed by atoms with van der Waals surface area (Å²) in [4.78, 5) is 4.39. The highest BCUT2D eigenvalue weighted by molar-refractivity contribution is 6.70. The molecule has 0 saturated carbocycles. The van der Waals surface area contributed by atoms with E-state index in [4.69, 9.17) is 8.84 Å². The molecule has 0 saturated heterocycles. The Balaban J connectivity index is 2.08. The van der Waals surface area contributed by atoms with Crippen molar-refractivity contribution in [3.63, 3.8) is 0 Å². The van der Waals surface area contributed by atoms with Crippen molar-refractivity contribution in [2.45, 2.75) is 26.2 Å². The fourth-order valence-corrected chi connectivity index (χ4v) is 2.52. The molecule has 0 spiro atoms. The van der Waals surface area contributed by atoms with Gasteiger partial charge in [-0.3, -0.25) is 4.99 Å². The molecule has 1 aromatic carbocycles. The smallest absolute Gasteiger partial charge is 0.242 e. The van der Waals surface area contributed by atoms with Gasteiger partial charge in [0.25, 0.3) is 0 Å². The summed E-state index contributed by atoms with van der Waals surface area (Å²) in [6.45, 7) is 7.13. The Kier molecular flexibility index (Phi) is 4.22. The number of aliphatic imine (C=N–C) groups is 1. The van der Waals surface area contributed by atoms with Gasteiger partial charge in [-0.25, -0.2) is 0 Å². The van der Waals surface area contributed by atoms with Crippen LogP contribution in [0.25, 0.3) is 0 Å². The van der Waals surface area contributed by atoms with Crippen molar-refractivity contribution in [2.75, 3.05) is 0 Å². The predicted octanol–water partition coefficient (Wildman–Crippen LogP) is 4.11. The Morgan fingerprint density at radius 3 is 2.63 bits per heavy atom. The van der Waals surface area contributed by atoms with Crippen LogP contribution < -0.4 is 4.43 Å². The molecule has 0 fully saturated rings. The van der Waals surface area contributed by atoms with Gasteiger partial charge in [0.15, 0.2) is 0 Å². The normalized spacial score (nSPS) is 11.9. The quantitative estimate of drug-likeness (QED) is 0.607. The lowest BCUT2D eigenvalue weighted by atomic mass is 10.2. The molecule has 0 bridgehead atoms.